The zero-order valence-electron chi connectivity index (χ0n) is 65.3. The Balaban J connectivity index is 3.98. The zero-order valence-corrected chi connectivity index (χ0v) is 66.2. The van der Waals surface area contributed by atoms with Gasteiger partial charge in [0.2, 0.25) is 0 Å². The minimum Gasteiger partial charge on any atom is -0.756 e. The summed E-state index contributed by atoms with van der Waals surface area (Å²) in [6.07, 6.45) is 118. The summed E-state index contributed by atoms with van der Waals surface area (Å²) in [6.45, 7) is 4.03. The SMILES string of the molecule is CC/C=C\C/C=C\C/C=C\C/C=C\C/C=C\C/C=C\C/C=C\C/C=C\C/C=C\CCCCCCCCCCCC(=O)OC(COC(=O)CCCCCCCCCCCCCCCCCCCCCCCCCCCC/C=C\C/C=C\C/C=C\C/C=C\CC)COP(=O)([O-])OCC[N+](C)(C)C. The number of rotatable bonds is 75. The van der Waals surface area contributed by atoms with Gasteiger partial charge in [0, 0.05) is 12.8 Å². The van der Waals surface area contributed by atoms with Gasteiger partial charge in [0.25, 0.3) is 7.82 Å². The molecule has 0 aromatic rings. The van der Waals surface area contributed by atoms with Crippen LogP contribution in [0.3, 0.4) is 0 Å². The lowest BCUT2D eigenvalue weighted by atomic mass is 10.0. The molecule has 0 rings (SSSR count). The summed E-state index contributed by atoms with van der Waals surface area (Å²) in [5.74, 6) is -0.835. The van der Waals surface area contributed by atoms with Crippen molar-refractivity contribution in [2.24, 2.45) is 0 Å². The van der Waals surface area contributed by atoms with Crippen molar-refractivity contribution in [3.05, 3.63) is 158 Å². The Morgan fingerprint density at radius 3 is 0.800 bits per heavy atom. The number of hydrogen-bond donors (Lipinski definition) is 0. The van der Waals surface area contributed by atoms with Gasteiger partial charge in [-0.25, -0.2) is 0 Å². The Bertz CT molecular complexity index is 2250. The quantitative estimate of drug-likeness (QED) is 0.0195. The highest BCUT2D eigenvalue weighted by Crippen LogP contribution is 2.38. The maximum absolute atomic E-state index is 12.9. The van der Waals surface area contributed by atoms with Crippen molar-refractivity contribution in [1.29, 1.82) is 0 Å². The maximum atomic E-state index is 12.9. The summed E-state index contributed by atoms with van der Waals surface area (Å²) in [5.41, 5.74) is 0. The van der Waals surface area contributed by atoms with E-state index in [4.69, 9.17) is 18.5 Å². The van der Waals surface area contributed by atoms with E-state index < -0.39 is 26.5 Å². The number of phosphoric ester groups is 1. The van der Waals surface area contributed by atoms with E-state index >= 15 is 0 Å². The van der Waals surface area contributed by atoms with Gasteiger partial charge in [0.1, 0.15) is 19.8 Å². The molecule has 9 nitrogen and oxygen atoms in total. The van der Waals surface area contributed by atoms with Gasteiger partial charge in [0.15, 0.2) is 6.10 Å². The summed E-state index contributed by atoms with van der Waals surface area (Å²) < 4.78 is 34.4. The Morgan fingerprint density at radius 1 is 0.310 bits per heavy atom. The van der Waals surface area contributed by atoms with Crippen LogP contribution in [0.15, 0.2) is 158 Å². The minimum atomic E-state index is -4.66. The van der Waals surface area contributed by atoms with Crippen molar-refractivity contribution >= 4 is 19.8 Å². The van der Waals surface area contributed by atoms with Crippen molar-refractivity contribution in [1.82, 2.24) is 0 Å². The van der Waals surface area contributed by atoms with Gasteiger partial charge in [0.05, 0.1) is 27.7 Å². The summed E-state index contributed by atoms with van der Waals surface area (Å²) in [6, 6.07) is 0. The van der Waals surface area contributed by atoms with Crippen LogP contribution >= 0.6 is 7.82 Å². The number of carbonyl (C=O) groups excluding carboxylic acids is 2. The number of hydrogen-bond acceptors (Lipinski definition) is 8. The molecule has 0 fully saturated rings. The monoisotopic (exact) mass is 1410 g/mol. The normalized spacial score (nSPS) is 13.9. The number of ether oxygens (including phenoxy) is 2. The van der Waals surface area contributed by atoms with Gasteiger partial charge in [-0.15, -0.1) is 0 Å². The lowest BCUT2D eigenvalue weighted by Crippen LogP contribution is -2.37. The molecule has 0 aromatic heterocycles. The van der Waals surface area contributed by atoms with E-state index in [1.54, 1.807) is 0 Å². The van der Waals surface area contributed by atoms with Gasteiger partial charge in [-0.3, -0.25) is 14.2 Å². The van der Waals surface area contributed by atoms with Crippen molar-refractivity contribution in [3.8, 4) is 0 Å². The fraction of sp³-hybridized carbons (Fsp3) is 0.689. The molecule has 0 aliphatic carbocycles. The second-order valence-corrected chi connectivity index (χ2v) is 29.8. The standard InChI is InChI=1S/C90H154NO8P/c1-6-8-10-12-14-16-18-20-22-24-26-28-30-32-34-36-38-40-42-44-45-47-48-50-52-54-56-58-60-62-64-66-68-70-72-74-76-78-80-82-89(92)96-86-88(87-98-100(94,95)97-85-84-91(3,4)5)99-90(93)83-81-79-77-75-73-71-69-67-65-63-61-59-57-55-53-51-49-46-43-41-39-37-35-33-31-29-27-25-23-21-19-17-15-13-11-9-7-2/h8-11,14-17,20-23,26-29,33,35,39,41,46,49,53,55,59,61,88H,6-7,12-13,18-19,24-25,30-32,34,36-38,40,42-45,47-48,50-52,54,56-58,60,62-87H2,1-5H3/b10-8-,11-9-,16-14-,17-15-,22-20-,23-21-,28-26-,29-27-,35-33-,41-39-,49-46-,55-53-,61-59-. The van der Waals surface area contributed by atoms with Crippen molar-refractivity contribution in [3.63, 3.8) is 0 Å². The molecule has 0 bridgehead atoms. The number of allylic oxidation sites excluding steroid dienone is 26. The fourth-order valence-corrected chi connectivity index (χ4v) is 12.1. The highest BCUT2D eigenvalue weighted by Gasteiger charge is 2.22. The summed E-state index contributed by atoms with van der Waals surface area (Å²) in [5, 5.41) is 0. The van der Waals surface area contributed by atoms with Gasteiger partial charge in [-0.1, -0.05) is 371 Å². The van der Waals surface area contributed by atoms with Gasteiger partial charge >= 0.3 is 11.9 Å². The highest BCUT2D eigenvalue weighted by atomic mass is 31.2. The average Bonchev–Trinajstić information content (AvgIpc) is 1.02. The van der Waals surface area contributed by atoms with E-state index in [-0.39, 0.29) is 32.0 Å². The number of carbonyl (C=O) groups is 2. The maximum Gasteiger partial charge on any atom is 0.306 e. The molecule has 100 heavy (non-hydrogen) atoms. The molecule has 0 saturated carbocycles. The van der Waals surface area contributed by atoms with Crippen molar-refractivity contribution < 1.29 is 42.1 Å². The lowest BCUT2D eigenvalue weighted by molar-refractivity contribution is -0.870. The van der Waals surface area contributed by atoms with Crippen LogP contribution in [0.4, 0.5) is 0 Å². The smallest absolute Gasteiger partial charge is 0.306 e. The van der Waals surface area contributed by atoms with E-state index in [9.17, 15) is 19.0 Å². The average molecular weight is 1410 g/mol. The number of phosphoric acid groups is 1. The Hall–Kier alpha value is -4.37. The van der Waals surface area contributed by atoms with Gasteiger partial charge < -0.3 is 27.9 Å². The third-order valence-corrected chi connectivity index (χ3v) is 18.5. The summed E-state index contributed by atoms with van der Waals surface area (Å²) in [7, 11) is 1.16. The topological polar surface area (TPSA) is 111 Å². The van der Waals surface area contributed by atoms with Crippen LogP contribution in [0.2, 0.25) is 0 Å². The van der Waals surface area contributed by atoms with Crippen LogP contribution < -0.4 is 4.89 Å². The summed E-state index contributed by atoms with van der Waals surface area (Å²) >= 11 is 0. The fourth-order valence-electron chi connectivity index (χ4n) is 11.4. The number of quaternary nitrogens is 1. The Morgan fingerprint density at radius 2 is 0.540 bits per heavy atom. The molecule has 0 saturated heterocycles. The number of likely N-dealkylation sites (N-methyl/N-ethyl adjacent to an activating group) is 1. The van der Waals surface area contributed by atoms with E-state index in [0.29, 0.717) is 17.4 Å². The predicted octanol–water partition coefficient (Wildman–Crippen LogP) is 27.2. The molecule has 0 radical (unpaired) electrons. The second kappa shape index (κ2) is 78.8. The van der Waals surface area contributed by atoms with Gasteiger partial charge in [-0.2, -0.15) is 0 Å². The highest BCUT2D eigenvalue weighted by molar-refractivity contribution is 7.45. The molecular formula is C90H154NO8P. The molecule has 572 valence electrons. The number of nitrogens with zero attached hydrogens (tertiary/aromatic N) is 1. The molecule has 2 atom stereocenters. The first-order valence-electron chi connectivity index (χ1n) is 41.2. The first-order valence-corrected chi connectivity index (χ1v) is 42.7. The number of unbranched alkanes of at least 4 members (excludes halogenated alkanes) is 35. The van der Waals surface area contributed by atoms with Crippen LogP contribution in [0.25, 0.3) is 0 Å². The molecule has 0 amide bonds. The third kappa shape index (κ3) is 82.6. The first-order chi connectivity index (χ1) is 49.0. The molecule has 0 aliphatic rings. The van der Waals surface area contributed by atoms with Crippen LogP contribution in [0.1, 0.15) is 348 Å². The molecule has 0 heterocycles. The molecule has 0 aliphatic heterocycles. The molecule has 10 heteroatoms. The zero-order chi connectivity index (χ0) is 72.5. The van der Waals surface area contributed by atoms with Crippen molar-refractivity contribution in [2.45, 2.75) is 354 Å². The van der Waals surface area contributed by atoms with Crippen LogP contribution in [0.5, 0.6) is 0 Å². The first kappa shape index (κ1) is 95.6. The lowest BCUT2D eigenvalue weighted by Gasteiger charge is -2.28. The molecule has 2 unspecified atom stereocenters. The van der Waals surface area contributed by atoms with E-state index in [1.165, 1.54) is 186 Å². The third-order valence-electron chi connectivity index (χ3n) is 17.5. The predicted molar refractivity (Wildman–Crippen MR) is 434 cm³/mol. The Labute approximate surface area is 617 Å². The van der Waals surface area contributed by atoms with Crippen LogP contribution in [0, 0.1) is 0 Å². The van der Waals surface area contributed by atoms with Crippen molar-refractivity contribution in [2.75, 3.05) is 47.5 Å². The van der Waals surface area contributed by atoms with E-state index in [2.05, 4.69) is 172 Å². The van der Waals surface area contributed by atoms with Crippen LogP contribution in [-0.4, -0.2) is 70.0 Å². The largest absolute Gasteiger partial charge is 0.756 e. The molecular weight excluding hydrogens is 1250 g/mol. The van der Waals surface area contributed by atoms with E-state index in [0.717, 1.165) is 128 Å². The molecule has 0 aromatic carbocycles. The van der Waals surface area contributed by atoms with E-state index in [1.807, 2.05) is 21.1 Å². The molecule has 0 N–H and O–H groups in total. The minimum absolute atomic E-state index is 0.0370. The number of esters is 2. The second-order valence-electron chi connectivity index (χ2n) is 28.4. The van der Waals surface area contributed by atoms with Crippen LogP contribution in [-0.2, 0) is 32.7 Å². The summed E-state index contributed by atoms with van der Waals surface area (Å²) in [4.78, 5) is 38.2. The Kier molecular flexibility index (Phi) is 75.3. The molecule has 0 spiro atoms. The van der Waals surface area contributed by atoms with Gasteiger partial charge in [-0.05, 0) is 122 Å².